The quantitative estimate of drug-likeness (QED) is 0.390. The number of aliphatic hydroxyl groups excluding tert-OH is 1. The van der Waals surface area contributed by atoms with E-state index < -0.39 is 28.1 Å². The monoisotopic (exact) mass is 494 g/mol. The van der Waals surface area contributed by atoms with E-state index in [4.69, 9.17) is 14.2 Å². The van der Waals surface area contributed by atoms with E-state index in [0.717, 1.165) is 5.56 Å². The van der Waals surface area contributed by atoms with Crippen molar-refractivity contribution in [1.82, 2.24) is 10.0 Å². The number of sulfonamides is 1. The van der Waals surface area contributed by atoms with Crippen LogP contribution in [0, 0.1) is 12.8 Å². The summed E-state index contributed by atoms with van der Waals surface area (Å²) in [6.07, 6.45) is -0.756. The van der Waals surface area contributed by atoms with Crippen LogP contribution in [-0.4, -0.2) is 58.9 Å². The van der Waals surface area contributed by atoms with Crippen LogP contribution in [0.4, 0.5) is 0 Å². The van der Waals surface area contributed by atoms with Gasteiger partial charge in [-0.1, -0.05) is 37.6 Å². The summed E-state index contributed by atoms with van der Waals surface area (Å²) < 4.78 is 44.2. The fourth-order valence-corrected chi connectivity index (χ4v) is 4.40. The van der Waals surface area contributed by atoms with Crippen LogP contribution in [0.2, 0.25) is 0 Å². The minimum absolute atomic E-state index is 0.0581. The summed E-state index contributed by atoms with van der Waals surface area (Å²) in [5.74, 6) is 0.749. The Morgan fingerprint density at radius 1 is 1.03 bits per heavy atom. The van der Waals surface area contributed by atoms with Crippen LogP contribution in [-0.2, 0) is 14.8 Å². The molecule has 0 fully saturated rings. The smallest absolute Gasteiger partial charge is 0.241 e. The minimum Gasteiger partial charge on any atom is -0.493 e. The van der Waals surface area contributed by atoms with E-state index in [1.807, 2.05) is 20.8 Å². The number of aryl methyl sites for hydroxylation is 1. The Kier molecular flexibility index (Phi) is 10.2. The van der Waals surface area contributed by atoms with Crippen LogP contribution in [0.1, 0.15) is 25.8 Å². The number of nitrogens with one attached hydrogen (secondary N) is 2. The molecular weight excluding hydrogens is 460 g/mol. The number of rotatable bonds is 13. The van der Waals surface area contributed by atoms with Crippen molar-refractivity contribution in [3.05, 3.63) is 48.0 Å². The van der Waals surface area contributed by atoms with Crippen molar-refractivity contribution in [3.63, 3.8) is 0 Å². The third-order valence-electron chi connectivity index (χ3n) is 4.97. The zero-order valence-corrected chi connectivity index (χ0v) is 21.0. The highest BCUT2D eigenvalue weighted by Gasteiger charge is 2.27. The van der Waals surface area contributed by atoms with Gasteiger partial charge in [-0.2, -0.15) is 4.72 Å². The first-order valence-corrected chi connectivity index (χ1v) is 12.4. The molecule has 34 heavy (non-hydrogen) atoms. The average molecular weight is 495 g/mol. The van der Waals surface area contributed by atoms with E-state index in [9.17, 15) is 18.3 Å². The average Bonchev–Trinajstić information content (AvgIpc) is 2.80. The Bertz CT molecular complexity index is 1020. The number of amides is 1. The Labute approximate surface area is 201 Å². The topological polar surface area (TPSA) is 123 Å². The third kappa shape index (κ3) is 7.89. The predicted molar refractivity (Wildman–Crippen MR) is 129 cm³/mol. The molecule has 0 spiro atoms. The summed E-state index contributed by atoms with van der Waals surface area (Å²) in [6, 6.07) is 10.5. The fraction of sp³-hybridized carbons (Fsp3) is 0.458. The van der Waals surface area contributed by atoms with Gasteiger partial charge in [0.25, 0.3) is 0 Å². The van der Waals surface area contributed by atoms with Gasteiger partial charge in [-0.25, -0.2) is 8.42 Å². The first-order chi connectivity index (χ1) is 16.1. The lowest BCUT2D eigenvalue weighted by molar-refractivity contribution is -0.123. The molecule has 0 aliphatic heterocycles. The maximum absolute atomic E-state index is 12.8. The Balaban J connectivity index is 2.00. The van der Waals surface area contributed by atoms with Crippen molar-refractivity contribution < 1.29 is 32.5 Å². The molecule has 0 heterocycles. The highest BCUT2D eigenvalue weighted by atomic mass is 32.2. The van der Waals surface area contributed by atoms with Crippen molar-refractivity contribution in [2.45, 2.75) is 44.2 Å². The normalized spacial score (nSPS) is 13.3. The van der Waals surface area contributed by atoms with Gasteiger partial charge >= 0.3 is 0 Å². The van der Waals surface area contributed by atoms with Crippen LogP contribution in [0.3, 0.4) is 0 Å². The lowest BCUT2D eigenvalue weighted by Crippen LogP contribution is -2.49. The van der Waals surface area contributed by atoms with E-state index in [0.29, 0.717) is 23.7 Å². The van der Waals surface area contributed by atoms with Gasteiger partial charge in [-0.15, -0.1) is 0 Å². The number of methoxy groups -OCH3 is 2. The van der Waals surface area contributed by atoms with E-state index in [-0.39, 0.29) is 24.0 Å². The summed E-state index contributed by atoms with van der Waals surface area (Å²) in [5.41, 5.74) is 0.928. The van der Waals surface area contributed by atoms with E-state index >= 15 is 0 Å². The molecule has 0 aliphatic carbocycles. The van der Waals surface area contributed by atoms with Gasteiger partial charge in [0.1, 0.15) is 18.8 Å². The number of ether oxygens (including phenoxy) is 3. The molecule has 0 saturated carbocycles. The zero-order valence-electron chi connectivity index (χ0n) is 20.2. The van der Waals surface area contributed by atoms with Gasteiger partial charge in [-0.05, 0) is 43.5 Å². The highest BCUT2D eigenvalue weighted by Crippen LogP contribution is 2.36. The van der Waals surface area contributed by atoms with Gasteiger partial charge in [-0.3, -0.25) is 4.79 Å². The molecule has 0 bridgehead atoms. The summed E-state index contributed by atoms with van der Waals surface area (Å²) in [5, 5.41) is 12.9. The van der Waals surface area contributed by atoms with Gasteiger partial charge < -0.3 is 24.6 Å². The second-order valence-electron chi connectivity index (χ2n) is 8.32. The third-order valence-corrected chi connectivity index (χ3v) is 6.45. The zero-order chi connectivity index (χ0) is 25.3. The molecule has 0 aliphatic rings. The molecule has 1 amide bonds. The number of para-hydroxylation sites is 1. The molecule has 0 aromatic heterocycles. The number of carbonyl (C=O) groups excluding carboxylic acids is 1. The van der Waals surface area contributed by atoms with E-state index in [1.54, 1.807) is 30.3 Å². The Hall–Kier alpha value is -2.82. The number of hydrogen-bond acceptors (Lipinski definition) is 7. The van der Waals surface area contributed by atoms with E-state index in [2.05, 4.69) is 10.0 Å². The molecule has 9 nitrogen and oxygen atoms in total. The highest BCUT2D eigenvalue weighted by molar-refractivity contribution is 7.89. The SMILES string of the molecule is COc1cccc(OC)c1OC[C@@H](O)CNC(=O)[C@H](CC(C)C)NS(=O)(=O)c1ccc(C)cc1. The Morgan fingerprint density at radius 3 is 2.15 bits per heavy atom. The summed E-state index contributed by atoms with van der Waals surface area (Å²) in [4.78, 5) is 12.9. The van der Waals surface area contributed by atoms with Gasteiger partial charge in [0.2, 0.25) is 21.7 Å². The maximum atomic E-state index is 12.8. The maximum Gasteiger partial charge on any atom is 0.241 e. The summed E-state index contributed by atoms with van der Waals surface area (Å²) in [6.45, 7) is 5.38. The fourth-order valence-electron chi connectivity index (χ4n) is 3.19. The molecule has 2 aromatic carbocycles. The predicted octanol–water partition coefficient (Wildman–Crippen LogP) is 2.26. The number of hydrogen-bond donors (Lipinski definition) is 3. The lowest BCUT2D eigenvalue weighted by Gasteiger charge is -2.21. The van der Waals surface area contributed by atoms with Crippen LogP contribution in [0.15, 0.2) is 47.4 Å². The molecule has 0 unspecified atom stereocenters. The molecule has 0 radical (unpaired) electrons. The standard InChI is InChI=1S/C24H34N2O7S/c1-16(2)13-20(26-34(29,30)19-11-9-17(3)10-12-19)24(28)25-14-18(27)15-33-23-21(31-4)7-6-8-22(23)32-5/h6-12,16,18,20,26-27H,13-15H2,1-5H3,(H,25,28)/t18-,20-/m0/s1. The second-order valence-corrected chi connectivity index (χ2v) is 10.0. The summed E-state index contributed by atoms with van der Waals surface area (Å²) in [7, 11) is -0.911. The van der Waals surface area contributed by atoms with Crippen LogP contribution in [0.25, 0.3) is 0 Å². The largest absolute Gasteiger partial charge is 0.493 e. The number of carbonyl (C=O) groups is 1. The lowest BCUT2D eigenvalue weighted by atomic mass is 10.0. The van der Waals surface area contributed by atoms with Crippen molar-refractivity contribution in [1.29, 1.82) is 0 Å². The molecule has 2 atom stereocenters. The van der Waals surface area contributed by atoms with Gasteiger partial charge in [0, 0.05) is 6.54 Å². The molecule has 188 valence electrons. The van der Waals surface area contributed by atoms with Gasteiger partial charge in [0.05, 0.1) is 19.1 Å². The van der Waals surface area contributed by atoms with E-state index in [1.165, 1.54) is 26.4 Å². The van der Waals surface area contributed by atoms with Crippen molar-refractivity contribution in [2.24, 2.45) is 5.92 Å². The first kappa shape index (κ1) is 27.4. The molecule has 2 rings (SSSR count). The molecular formula is C24H34N2O7S. The van der Waals surface area contributed by atoms with Crippen LogP contribution in [0.5, 0.6) is 17.2 Å². The van der Waals surface area contributed by atoms with Crippen molar-refractivity contribution >= 4 is 15.9 Å². The number of benzene rings is 2. The van der Waals surface area contributed by atoms with Crippen molar-refractivity contribution in [3.8, 4) is 17.2 Å². The first-order valence-electron chi connectivity index (χ1n) is 11.0. The molecule has 2 aromatic rings. The Morgan fingerprint density at radius 2 is 1.62 bits per heavy atom. The molecule has 10 heteroatoms. The molecule has 3 N–H and O–H groups in total. The van der Waals surface area contributed by atoms with Crippen molar-refractivity contribution in [2.75, 3.05) is 27.4 Å². The van der Waals surface area contributed by atoms with Crippen LogP contribution < -0.4 is 24.2 Å². The minimum atomic E-state index is -3.89. The molecule has 0 saturated heterocycles. The van der Waals surface area contributed by atoms with Gasteiger partial charge in [0.15, 0.2) is 11.5 Å². The van der Waals surface area contributed by atoms with Crippen LogP contribution >= 0.6 is 0 Å². The summed E-state index contributed by atoms with van der Waals surface area (Å²) >= 11 is 0. The second kappa shape index (κ2) is 12.6. The number of aliphatic hydroxyl groups is 1.